The van der Waals surface area contributed by atoms with E-state index in [4.69, 9.17) is 0 Å². The molecular formula is C14H24N2O2S. The number of benzene rings is 1. The molecule has 0 atom stereocenters. The molecule has 0 aliphatic heterocycles. The van der Waals surface area contributed by atoms with Gasteiger partial charge in [0.05, 0.1) is 4.90 Å². The lowest BCUT2D eigenvalue weighted by atomic mass is 10.1. The molecule has 0 fully saturated rings. The fourth-order valence-corrected chi connectivity index (χ4v) is 3.28. The summed E-state index contributed by atoms with van der Waals surface area (Å²) in [4.78, 5) is 0.386. The molecule has 0 bridgehead atoms. The van der Waals surface area contributed by atoms with E-state index in [1.54, 1.807) is 12.1 Å². The summed E-state index contributed by atoms with van der Waals surface area (Å²) in [5.74, 6) is 0. The molecule has 0 heterocycles. The first kappa shape index (κ1) is 16.1. The number of rotatable bonds is 8. The highest BCUT2D eigenvalue weighted by Gasteiger charge is 2.17. The number of hydrogen-bond donors (Lipinski definition) is 2. The van der Waals surface area contributed by atoms with Gasteiger partial charge in [-0.05, 0) is 43.5 Å². The molecular weight excluding hydrogens is 260 g/mol. The van der Waals surface area contributed by atoms with Gasteiger partial charge in [0.2, 0.25) is 10.0 Å². The van der Waals surface area contributed by atoms with Gasteiger partial charge in [-0.15, -0.1) is 0 Å². The van der Waals surface area contributed by atoms with Crippen molar-refractivity contribution in [3.63, 3.8) is 0 Å². The minimum absolute atomic E-state index is 0.386. The van der Waals surface area contributed by atoms with Crippen molar-refractivity contribution in [1.82, 2.24) is 10.0 Å². The zero-order valence-electron chi connectivity index (χ0n) is 12.0. The Balaban J connectivity index is 2.93. The van der Waals surface area contributed by atoms with Gasteiger partial charge in [-0.3, -0.25) is 0 Å². The maximum absolute atomic E-state index is 12.2. The fourth-order valence-electron chi connectivity index (χ4n) is 1.86. The van der Waals surface area contributed by atoms with Crippen LogP contribution in [0.1, 0.15) is 37.8 Å². The minimum atomic E-state index is -3.38. The smallest absolute Gasteiger partial charge is 0.240 e. The number of hydrogen-bond acceptors (Lipinski definition) is 3. The molecule has 0 unspecified atom stereocenters. The van der Waals surface area contributed by atoms with Gasteiger partial charge in [0.1, 0.15) is 0 Å². The Hall–Kier alpha value is -0.910. The molecule has 1 rings (SSSR count). The highest BCUT2D eigenvalue weighted by atomic mass is 32.2. The van der Waals surface area contributed by atoms with Crippen molar-refractivity contribution in [2.75, 3.05) is 13.1 Å². The molecule has 4 nitrogen and oxygen atoms in total. The highest BCUT2D eigenvalue weighted by molar-refractivity contribution is 7.89. The van der Waals surface area contributed by atoms with Crippen LogP contribution in [0.2, 0.25) is 0 Å². The van der Waals surface area contributed by atoms with Crippen LogP contribution in [-0.2, 0) is 16.6 Å². The molecule has 0 radical (unpaired) electrons. The van der Waals surface area contributed by atoms with Gasteiger partial charge >= 0.3 is 0 Å². The summed E-state index contributed by atoms with van der Waals surface area (Å²) in [7, 11) is -3.38. The first-order valence-corrected chi connectivity index (χ1v) is 8.30. The SMILES string of the molecule is CCCNCc1cccc(S(=O)(=O)NCCC)c1C. The average Bonchev–Trinajstić information content (AvgIpc) is 2.38. The Morgan fingerprint density at radius 3 is 2.42 bits per heavy atom. The van der Waals surface area contributed by atoms with Crippen LogP contribution in [0.15, 0.2) is 23.1 Å². The van der Waals surface area contributed by atoms with Crippen molar-refractivity contribution in [1.29, 1.82) is 0 Å². The van der Waals surface area contributed by atoms with Crippen molar-refractivity contribution in [3.8, 4) is 0 Å². The van der Waals surface area contributed by atoms with E-state index in [2.05, 4.69) is 17.0 Å². The van der Waals surface area contributed by atoms with Gasteiger partial charge in [0.25, 0.3) is 0 Å². The van der Waals surface area contributed by atoms with Crippen LogP contribution in [0, 0.1) is 6.92 Å². The molecule has 108 valence electrons. The predicted molar refractivity (Wildman–Crippen MR) is 78.7 cm³/mol. The maximum atomic E-state index is 12.2. The van der Waals surface area contributed by atoms with E-state index >= 15 is 0 Å². The topological polar surface area (TPSA) is 58.2 Å². The molecule has 0 spiro atoms. The van der Waals surface area contributed by atoms with E-state index in [1.165, 1.54) is 0 Å². The lowest BCUT2D eigenvalue weighted by Gasteiger charge is -2.13. The van der Waals surface area contributed by atoms with Gasteiger partial charge in [-0.25, -0.2) is 13.1 Å². The van der Waals surface area contributed by atoms with E-state index < -0.39 is 10.0 Å². The Kier molecular flexibility index (Phi) is 6.48. The van der Waals surface area contributed by atoms with Crippen molar-refractivity contribution < 1.29 is 8.42 Å². The van der Waals surface area contributed by atoms with E-state index in [0.717, 1.165) is 30.5 Å². The molecule has 5 heteroatoms. The van der Waals surface area contributed by atoms with Crippen molar-refractivity contribution in [2.24, 2.45) is 0 Å². The Labute approximate surface area is 116 Å². The van der Waals surface area contributed by atoms with Crippen LogP contribution in [0.3, 0.4) is 0 Å². The molecule has 0 aliphatic carbocycles. The Morgan fingerprint density at radius 1 is 1.11 bits per heavy atom. The standard InChI is InChI=1S/C14H24N2O2S/c1-4-9-15-11-13-7-6-8-14(12(13)3)19(17,18)16-10-5-2/h6-8,15-16H,4-5,9-11H2,1-3H3. The molecule has 0 saturated carbocycles. The first-order valence-electron chi connectivity index (χ1n) is 6.81. The summed E-state index contributed by atoms with van der Waals surface area (Å²) >= 11 is 0. The third-order valence-corrected chi connectivity index (χ3v) is 4.58. The summed E-state index contributed by atoms with van der Waals surface area (Å²) < 4.78 is 26.9. The van der Waals surface area contributed by atoms with Crippen molar-refractivity contribution in [3.05, 3.63) is 29.3 Å². The van der Waals surface area contributed by atoms with Gasteiger partial charge in [0, 0.05) is 13.1 Å². The fraction of sp³-hybridized carbons (Fsp3) is 0.571. The average molecular weight is 284 g/mol. The van der Waals surface area contributed by atoms with Gasteiger partial charge in [-0.1, -0.05) is 26.0 Å². The predicted octanol–water partition coefficient (Wildman–Crippen LogP) is 2.18. The van der Waals surface area contributed by atoms with E-state index in [1.807, 2.05) is 19.9 Å². The zero-order valence-corrected chi connectivity index (χ0v) is 12.8. The number of sulfonamides is 1. The van der Waals surface area contributed by atoms with Crippen LogP contribution >= 0.6 is 0 Å². The van der Waals surface area contributed by atoms with Crippen molar-refractivity contribution in [2.45, 2.75) is 45.1 Å². The molecule has 0 aliphatic rings. The summed E-state index contributed by atoms with van der Waals surface area (Å²) in [6, 6.07) is 5.43. The zero-order chi connectivity index (χ0) is 14.3. The second-order valence-corrected chi connectivity index (χ2v) is 6.35. The van der Waals surface area contributed by atoms with Crippen LogP contribution < -0.4 is 10.0 Å². The summed E-state index contributed by atoms with van der Waals surface area (Å²) in [6.45, 7) is 8.03. The second kappa shape index (κ2) is 7.62. The Morgan fingerprint density at radius 2 is 1.79 bits per heavy atom. The maximum Gasteiger partial charge on any atom is 0.240 e. The van der Waals surface area contributed by atoms with E-state index in [0.29, 0.717) is 18.0 Å². The van der Waals surface area contributed by atoms with E-state index in [9.17, 15) is 8.42 Å². The van der Waals surface area contributed by atoms with Crippen LogP contribution in [0.4, 0.5) is 0 Å². The lowest BCUT2D eigenvalue weighted by Crippen LogP contribution is -2.25. The first-order chi connectivity index (χ1) is 9.03. The Bertz CT molecular complexity index is 498. The number of nitrogens with one attached hydrogen (secondary N) is 2. The molecule has 0 aromatic heterocycles. The minimum Gasteiger partial charge on any atom is -0.313 e. The van der Waals surface area contributed by atoms with Crippen LogP contribution in [0.5, 0.6) is 0 Å². The summed E-state index contributed by atoms with van der Waals surface area (Å²) in [5.41, 5.74) is 1.86. The highest BCUT2D eigenvalue weighted by Crippen LogP contribution is 2.18. The van der Waals surface area contributed by atoms with Crippen LogP contribution in [-0.4, -0.2) is 21.5 Å². The molecule has 19 heavy (non-hydrogen) atoms. The van der Waals surface area contributed by atoms with E-state index in [-0.39, 0.29) is 0 Å². The third kappa shape index (κ3) is 4.60. The quantitative estimate of drug-likeness (QED) is 0.719. The summed E-state index contributed by atoms with van der Waals surface area (Å²) in [5, 5.41) is 3.30. The summed E-state index contributed by atoms with van der Waals surface area (Å²) in [6.07, 6.45) is 1.85. The van der Waals surface area contributed by atoms with Gasteiger partial charge < -0.3 is 5.32 Å². The third-order valence-electron chi connectivity index (χ3n) is 2.97. The van der Waals surface area contributed by atoms with Crippen molar-refractivity contribution >= 4 is 10.0 Å². The van der Waals surface area contributed by atoms with Gasteiger partial charge in [0.15, 0.2) is 0 Å². The molecule has 1 aromatic rings. The molecule has 2 N–H and O–H groups in total. The molecule has 0 amide bonds. The molecule has 0 saturated heterocycles. The van der Waals surface area contributed by atoms with Crippen LogP contribution in [0.25, 0.3) is 0 Å². The lowest BCUT2D eigenvalue weighted by molar-refractivity contribution is 0.579. The second-order valence-electron chi connectivity index (χ2n) is 4.61. The molecule has 1 aromatic carbocycles. The largest absolute Gasteiger partial charge is 0.313 e. The normalized spacial score (nSPS) is 11.7. The monoisotopic (exact) mass is 284 g/mol. The van der Waals surface area contributed by atoms with Gasteiger partial charge in [-0.2, -0.15) is 0 Å².